The number of carbonyl (C=O) groups excluding carboxylic acids is 2. The van der Waals surface area contributed by atoms with Gasteiger partial charge in [0.15, 0.2) is 0 Å². The highest BCUT2D eigenvalue weighted by Gasteiger charge is 2.22. The number of likely N-dealkylation sites (tertiary alicyclic amines) is 1. The second-order valence-corrected chi connectivity index (χ2v) is 13.2. The minimum absolute atomic E-state index is 0.0994. The Morgan fingerprint density at radius 3 is 2.47 bits per heavy atom. The Hall–Kier alpha value is -5.46. The maximum atomic E-state index is 11.1. The number of aryl methyl sites for hydroxylation is 1. The van der Waals surface area contributed by atoms with Gasteiger partial charge in [-0.05, 0) is 101 Å². The molecule has 1 fully saturated rings. The van der Waals surface area contributed by atoms with Crippen molar-refractivity contribution < 1.29 is 14.7 Å². The van der Waals surface area contributed by atoms with Gasteiger partial charge in [0.25, 0.3) is 0 Å². The van der Waals surface area contributed by atoms with E-state index in [4.69, 9.17) is 27.0 Å². The van der Waals surface area contributed by atoms with Gasteiger partial charge >= 0.3 is 0 Å². The molecule has 6 rings (SSSR count). The maximum absolute atomic E-state index is 11.1. The highest BCUT2D eigenvalue weighted by molar-refractivity contribution is 6.08. The molecule has 1 aliphatic heterocycles. The van der Waals surface area contributed by atoms with E-state index in [0.717, 1.165) is 69.2 Å². The Morgan fingerprint density at radius 1 is 1.00 bits per heavy atom. The summed E-state index contributed by atoms with van der Waals surface area (Å²) in [5.41, 5.74) is 28.8. The topological polar surface area (TPSA) is 197 Å². The zero-order valence-corrected chi connectivity index (χ0v) is 31.0. The van der Waals surface area contributed by atoms with Crippen molar-refractivity contribution >= 4 is 46.3 Å². The maximum Gasteiger partial charge on any atom is 0.141 e. The molecule has 3 aromatic heterocycles. The van der Waals surface area contributed by atoms with Crippen LogP contribution in [0, 0.1) is 0 Å². The Labute approximate surface area is 312 Å². The molecule has 9 N–H and O–H groups in total. The number of nitrogens with zero attached hydrogens (tertiary/aromatic N) is 5. The third-order valence-electron chi connectivity index (χ3n) is 9.91. The number of hydrogen-bond acceptors (Lipinski definition) is 10. The van der Waals surface area contributed by atoms with Crippen molar-refractivity contribution in [1.29, 1.82) is 0 Å². The Balaban J connectivity index is 0.00000152. The number of aldehydes is 1. The van der Waals surface area contributed by atoms with E-state index in [9.17, 15) is 9.90 Å². The molecule has 0 aliphatic carbocycles. The summed E-state index contributed by atoms with van der Waals surface area (Å²) < 4.78 is 4.34. The van der Waals surface area contributed by atoms with Gasteiger partial charge in [-0.25, -0.2) is 4.98 Å². The van der Waals surface area contributed by atoms with Crippen LogP contribution in [0.5, 0.6) is 5.75 Å². The molecule has 0 spiro atoms. The molecule has 1 atom stereocenters. The van der Waals surface area contributed by atoms with Gasteiger partial charge in [0, 0.05) is 71.1 Å². The van der Waals surface area contributed by atoms with Crippen LogP contribution in [0.4, 0.5) is 0 Å². The van der Waals surface area contributed by atoms with Crippen LogP contribution in [0.3, 0.4) is 0 Å². The Bertz CT molecular complexity index is 1990. The number of aromatic nitrogens is 4. The second kappa shape index (κ2) is 20.0. The summed E-state index contributed by atoms with van der Waals surface area (Å²) in [7, 11) is 1.50. The molecule has 5 aromatic rings. The second-order valence-electron chi connectivity index (χ2n) is 13.2. The molecule has 1 unspecified atom stereocenters. The van der Waals surface area contributed by atoms with E-state index in [-0.39, 0.29) is 17.6 Å². The van der Waals surface area contributed by atoms with Crippen molar-refractivity contribution in [2.45, 2.75) is 70.4 Å². The molecule has 0 radical (unpaired) electrons. The minimum Gasteiger partial charge on any atom is -0.507 e. The van der Waals surface area contributed by atoms with Crippen LogP contribution in [0.1, 0.15) is 80.6 Å². The van der Waals surface area contributed by atoms with Gasteiger partial charge < -0.3 is 47.1 Å². The third-order valence-corrected chi connectivity index (χ3v) is 9.91. The predicted molar refractivity (Wildman–Crippen MR) is 215 cm³/mol. The normalized spacial score (nSPS) is 14.2. The lowest BCUT2D eigenvalue weighted by molar-refractivity contribution is -0.108. The monoisotopic (exact) mass is 721 g/mol. The third kappa shape index (κ3) is 9.70. The van der Waals surface area contributed by atoms with Crippen molar-refractivity contribution in [3.8, 4) is 5.75 Å². The molecule has 4 heterocycles. The molecule has 0 amide bonds. The van der Waals surface area contributed by atoms with Crippen LogP contribution in [-0.2, 0) is 16.0 Å². The number of piperidine rings is 1. The van der Waals surface area contributed by atoms with Gasteiger partial charge in [-0.1, -0.05) is 30.7 Å². The van der Waals surface area contributed by atoms with Gasteiger partial charge in [0.1, 0.15) is 30.3 Å². The average molecular weight is 722 g/mol. The number of nitrogens with two attached hydrogens (primary N) is 4. The zero-order chi connectivity index (χ0) is 38.3. The zero-order valence-electron chi connectivity index (χ0n) is 31.0. The van der Waals surface area contributed by atoms with E-state index in [0.29, 0.717) is 29.3 Å². The number of carbonyl (C=O) groups is 2. The number of hydrogen-bond donors (Lipinski definition) is 5. The lowest BCUT2D eigenvalue weighted by atomic mass is 10.0. The molecular weight excluding hydrogens is 667 g/mol. The van der Waals surface area contributed by atoms with Crippen LogP contribution in [0.25, 0.3) is 33.2 Å². The summed E-state index contributed by atoms with van der Waals surface area (Å²) in [6.07, 6.45) is 16.3. The fraction of sp³-hybridized carbons (Fsp3) is 0.366. The van der Waals surface area contributed by atoms with Gasteiger partial charge in [-0.15, -0.1) is 0 Å². The predicted octanol–water partition coefficient (Wildman–Crippen LogP) is 5.66. The van der Waals surface area contributed by atoms with Gasteiger partial charge in [0.2, 0.25) is 0 Å². The summed E-state index contributed by atoms with van der Waals surface area (Å²) in [5, 5.41) is 17.4. The van der Waals surface area contributed by atoms with Crippen LogP contribution >= 0.6 is 0 Å². The molecule has 2 aromatic carbocycles. The summed E-state index contributed by atoms with van der Waals surface area (Å²) >= 11 is 0. The summed E-state index contributed by atoms with van der Waals surface area (Å²) in [6, 6.07) is 18.2. The van der Waals surface area contributed by atoms with E-state index in [1.54, 1.807) is 30.5 Å². The number of pyridine rings is 1. The molecule has 282 valence electrons. The first-order chi connectivity index (χ1) is 25.9. The van der Waals surface area contributed by atoms with Crippen molar-refractivity contribution in [1.82, 2.24) is 24.2 Å². The minimum atomic E-state index is 0.0994. The standard InChI is InChI=1S/C39H48N8O2.CH5N.CH2O/c1-27(10-9-23-48)47-35-15-7-12-28(37(35)32-14-8-19-43-39(32)47)11-3-2-6-20-45-21-17-30(18-22-45)46-26-29(25-44-46)33(38(41)42)24-34(40)31-13-4-5-16-36(31)49;2*1-2/h4-5,7-8,12-16,19,23-27,30,49H,2-3,6,9-11,17-18,20-22,40-42H2,1H3;2H2,1H3;1H2/b34-24-;;. The first-order valence-electron chi connectivity index (χ1n) is 18.3. The number of fused-ring (bicyclic) bond motifs is 3. The molecule has 12 heteroatoms. The highest BCUT2D eigenvalue weighted by Crippen LogP contribution is 2.35. The SMILES string of the molecule is C=O.CC(CCC=O)n1c2cccc(CCCCCN3CCC(n4cc(C(/C=C(\N)c5ccccc5O)=C(N)N)cn4)CC3)c2c2cccnc21.CN. The van der Waals surface area contributed by atoms with E-state index >= 15 is 0 Å². The smallest absolute Gasteiger partial charge is 0.141 e. The van der Waals surface area contributed by atoms with Crippen molar-refractivity contribution in [3.63, 3.8) is 0 Å². The fourth-order valence-corrected chi connectivity index (χ4v) is 7.29. The van der Waals surface area contributed by atoms with Crippen LogP contribution in [0.15, 0.2) is 85.1 Å². The van der Waals surface area contributed by atoms with Crippen molar-refractivity contribution in [2.24, 2.45) is 22.9 Å². The quantitative estimate of drug-likeness (QED) is 0.0542. The van der Waals surface area contributed by atoms with E-state index in [1.807, 2.05) is 36.0 Å². The first kappa shape index (κ1) is 40.3. The number of phenolic OH excluding ortho intramolecular Hbond substituents is 1. The number of para-hydroxylation sites is 1. The average Bonchev–Trinajstić information content (AvgIpc) is 3.81. The van der Waals surface area contributed by atoms with Crippen LogP contribution in [-0.4, -0.2) is 69.1 Å². The van der Waals surface area contributed by atoms with Crippen molar-refractivity contribution in [3.05, 3.63) is 102 Å². The van der Waals surface area contributed by atoms with E-state index in [2.05, 4.69) is 51.5 Å². The lowest BCUT2D eigenvalue weighted by Crippen LogP contribution is -2.35. The molecule has 1 aliphatic rings. The highest BCUT2D eigenvalue weighted by atomic mass is 16.3. The largest absolute Gasteiger partial charge is 0.507 e. The number of allylic oxidation sites excluding steroid dienone is 2. The lowest BCUT2D eigenvalue weighted by Gasteiger charge is -2.32. The van der Waals surface area contributed by atoms with Crippen LogP contribution in [0.2, 0.25) is 0 Å². The number of phenols is 1. The first-order valence-corrected chi connectivity index (χ1v) is 18.3. The number of unbranched alkanes of at least 4 members (excludes halogenated alkanes) is 2. The summed E-state index contributed by atoms with van der Waals surface area (Å²) in [5.74, 6) is 0.246. The number of benzene rings is 2. The summed E-state index contributed by atoms with van der Waals surface area (Å²) in [6.45, 7) is 7.36. The van der Waals surface area contributed by atoms with Gasteiger partial charge in [-0.2, -0.15) is 5.10 Å². The molecule has 0 saturated carbocycles. The Kier molecular flexibility index (Phi) is 15.2. The number of aromatic hydroxyl groups is 1. The van der Waals surface area contributed by atoms with E-state index in [1.165, 1.54) is 41.7 Å². The molecular formula is C41H55N9O3. The molecule has 1 saturated heterocycles. The molecule has 53 heavy (non-hydrogen) atoms. The fourth-order valence-electron chi connectivity index (χ4n) is 7.29. The van der Waals surface area contributed by atoms with Crippen molar-refractivity contribution in [2.75, 3.05) is 26.7 Å². The Morgan fingerprint density at radius 2 is 1.75 bits per heavy atom. The van der Waals surface area contributed by atoms with Gasteiger partial charge in [-0.3, -0.25) is 4.68 Å². The van der Waals surface area contributed by atoms with Crippen LogP contribution < -0.4 is 22.9 Å². The molecule has 12 nitrogen and oxygen atoms in total. The van der Waals surface area contributed by atoms with Gasteiger partial charge in [0.05, 0.1) is 17.8 Å². The number of rotatable bonds is 14. The molecule has 0 bridgehead atoms. The summed E-state index contributed by atoms with van der Waals surface area (Å²) in [4.78, 5) is 26.4. The van der Waals surface area contributed by atoms with E-state index < -0.39 is 0 Å².